The van der Waals surface area contributed by atoms with Crippen molar-refractivity contribution in [2.24, 2.45) is 5.92 Å². The zero-order valence-electron chi connectivity index (χ0n) is 9.90. The molecule has 0 aliphatic heterocycles. The molecule has 0 saturated carbocycles. The average molecular weight is 222 g/mol. The van der Waals surface area contributed by atoms with Crippen LogP contribution in [0.3, 0.4) is 0 Å². The molecule has 0 spiro atoms. The number of hydrogen-bond donors (Lipinski definition) is 1. The van der Waals surface area contributed by atoms with Crippen molar-refractivity contribution in [1.29, 1.82) is 0 Å². The minimum Gasteiger partial charge on any atom is -0.379 e. The third-order valence-electron chi connectivity index (χ3n) is 2.55. The Labute approximate surface area is 93.4 Å². The van der Waals surface area contributed by atoms with E-state index in [0.717, 1.165) is 31.8 Å². The minimum absolute atomic E-state index is 0.0112. The minimum atomic E-state index is -0.0112. The highest BCUT2D eigenvalue weighted by Gasteiger charge is 2.15. The Bertz CT molecular complexity index is 139. The molecule has 14 heavy (non-hydrogen) atoms. The molecule has 2 nitrogen and oxygen atoms in total. The lowest BCUT2D eigenvalue weighted by Gasteiger charge is -2.23. The van der Waals surface area contributed by atoms with Crippen LogP contribution in [-0.2, 0) is 4.74 Å². The van der Waals surface area contributed by atoms with E-state index in [1.165, 1.54) is 0 Å². The second-order valence-corrected chi connectivity index (χ2v) is 4.88. The van der Waals surface area contributed by atoms with Crippen LogP contribution >= 0.6 is 11.6 Å². The summed E-state index contributed by atoms with van der Waals surface area (Å²) in [6.45, 7) is 8.49. The van der Waals surface area contributed by atoms with Crippen molar-refractivity contribution in [1.82, 2.24) is 5.32 Å². The number of nitrogens with one attached hydrogen (secondary N) is 1. The van der Waals surface area contributed by atoms with E-state index in [2.05, 4.69) is 26.1 Å². The van der Waals surface area contributed by atoms with E-state index < -0.39 is 0 Å². The first-order valence-corrected chi connectivity index (χ1v) is 5.87. The summed E-state index contributed by atoms with van der Waals surface area (Å²) in [5, 5.41) is 3.42. The standard InChI is InChI=1S/C11H24ClNO/c1-10(5-7-12)9-13-8-6-11(2,3)14-4/h10,13H,5-9H2,1-4H3. The number of methoxy groups -OCH3 is 1. The Hall–Kier alpha value is 0.210. The molecule has 0 aliphatic rings. The van der Waals surface area contributed by atoms with Crippen molar-refractivity contribution < 1.29 is 4.74 Å². The van der Waals surface area contributed by atoms with Crippen molar-refractivity contribution in [2.75, 3.05) is 26.1 Å². The van der Waals surface area contributed by atoms with Gasteiger partial charge in [-0.2, -0.15) is 0 Å². The van der Waals surface area contributed by atoms with Crippen molar-refractivity contribution in [2.45, 2.75) is 39.2 Å². The molecule has 0 amide bonds. The molecule has 0 aliphatic carbocycles. The highest BCUT2D eigenvalue weighted by molar-refractivity contribution is 6.17. The second kappa shape index (κ2) is 7.49. The number of ether oxygens (including phenoxy) is 1. The molecule has 0 aromatic rings. The Kier molecular flexibility index (Phi) is 7.61. The fourth-order valence-electron chi connectivity index (χ4n) is 1.13. The lowest BCUT2D eigenvalue weighted by molar-refractivity contribution is 0.0157. The topological polar surface area (TPSA) is 21.3 Å². The highest BCUT2D eigenvalue weighted by atomic mass is 35.5. The van der Waals surface area contributed by atoms with Crippen LogP contribution in [0.4, 0.5) is 0 Å². The molecule has 0 aromatic carbocycles. The number of rotatable bonds is 8. The second-order valence-electron chi connectivity index (χ2n) is 4.50. The molecule has 86 valence electrons. The van der Waals surface area contributed by atoms with Gasteiger partial charge in [0.05, 0.1) is 5.60 Å². The quantitative estimate of drug-likeness (QED) is 0.503. The van der Waals surface area contributed by atoms with Crippen LogP contribution in [0.15, 0.2) is 0 Å². The molecule has 0 aromatic heterocycles. The van der Waals surface area contributed by atoms with Gasteiger partial charge in [0, 0.05) is 13.0 Å². The summed E-state index contributed by atoms with van der Waals surface area (Å²) in [6, 6.07) is 0. The van der Waals surface area contributed by atoms with Crippen molar-refractivity contribution in [3.8, 4) is 0 Å². The average Bonchev–Trinajstić information content (AvgIpc) is 2.13. The van der Waals surface area contributed by atoms with E-state index in [0.29, 0.717) is 5.92 Å². The molecule has 0 heterocycles. The van der Waals surface area contributed by atoms with Gasteiger partial charge in [-0.3, -0.25) is 0 Å². The van der Waals surface area contributed by atoms with Gasteiger partial charge in [0.15, 0.2) is 0 Å². The molecular weight excluding hydrogens is 198 g/mol. The van der Waals surface area contributed by atoms with Gasteiger partial charge >= 0.3 is 0 Å². The van der Waals surface area contributed by atoms with Gasteiger partial charge in [-0.05, 0) is 45.7 Å². The zero-order valence-corrected chi connectivity index (χ0v) is 10.7. The summed E-state index contributed by atoms with van der Waals surface area (Å²) in [5.74, 6) is 1.42. The SMILES string of the molecule is COC(C)(C)CCNCC(C)CCCl. The molecule has 0 fully saturated rings. The summed E-state index contributed by atoms with van der Waals surface area (Å²) >= 11 is 5.66. The first-order chi connectivity index (χ1) is 6.52. The summed E-state index contributed by atoms with van der Waals surface area (Å²) in [5.41, 5.74) is -0.0112. The fourth-order valence-corrected chi connectivity index (χ4v) is 1.50. The first kappa shape index (κ1) is 14.2. The highest BCUT2D eigenvalue weighted by Crippen LogP contribution is 2.11. The molecule has 0 bridgehead atoms. The van der Waals surface area contributed by atoms with Crippen molar-refractivity contribution in [3.63, 3.8) is 0 Å². The summed E-state index contributed by atoms with van der Waals surface area (Å²) in [4.78, 5) is 0. The number of halogens is 1. The molecule has 0 saturated heterocycles. The van der Waals surface area contributed by atoms with Gasteiger partial charge < -0.3 is 10.1 Å². The van der Waals surface area contributed by atoms with E-state index in [4.69, 9.17) is 16.3 Å². The third-order valence-corrected chi connectivity index (χ3v) is 2.77. The molecule has 1 atom stereocenters. The number of alkyl halides is 1. The molecular formula is C11H24ClNO. The van der Waals surface area contributed by atoms with E-state index in [9.17, 15) is 0 Å². The lowest BCUT2D eigenvalue weighted by atomic mass is 10.0. The Morgan fingerprint density at radius 2 is 2.07 bits per heavy atom. The largest absolute Gasteiger partial charge is 0.379 e. The molecule has 0 radical (unpaired) electrons. The van der Waals surface area contributed by atoms with Gasteiger partial charge in [-0.25, -0.2) is 0 Å². The van der Waals surface area contributed by atoms with E-state index in [-0.39, 0.29) is 5.60 Å². The van der Waals surface area contributed by atoms with Gasteiger partial charge in [-0.1, -0.05) is 6.92 Å². The smallest absolute Gasteiger partial charge is 0.0634 e. The van der Waals surface area contributed by atoms with Gasteiger partial charge in [0.25, 0.3) is 0 Å². The Morgan fingerprint density at radius 1 is 1.43 bits per heavy atom. The van der Waals surface area contributed by atoms with Crippen molar-refractivity contribution >= 4 is 11.6 Å². The molecule has 1 unspecified atom stereocenters. The van der Waals surface area contributed by atoms with E-state index >= 15 is 0 Å². The Balaban J connectivity index is 3.37. The van der Waals surface area contributed by atoms with Crippen molar-refractivity contribution in [3.05, 3.63) is 0 Å². The van der Waals surface area contributed by atoms with Crippen LogP contribution in [-0.4, -0.2) is 31.7 Å². The van der Waals surface area contributed by atoms with Crippen LogP contribution in [0.2, 0.25) is 0 Å². The molecule has 0 rings (SSSR count). The lowest BCUT2D eigenvalue weighted by Crippen LogP contribution is -2.30. The maximum absolute atomic E-state index is 5.66. The van der Waals surface area contributed by atoms with Crippen LogP contribution in [0.1, 0.15) is 33.6 Å². The fraction of sp³-hybridized carbons (Fsp3) is 1.00. The maximum atomic E-state index is 5.66. The Morgan fingerprint density at radius 3 is 2.57 bits per heavy atom. The monoisotopic (exact) mass is 221 g/mol. The molecule has 3 heteroatoms. The van der Waals surface area contributed by atoms with Crippen LogP contribution < -0.4 is 5.32 Å². The summed E-state index contributed by atoms with van der Waals surface area (Å²) in [6.07, 6.45) is 2.12. The predicted molar refractivity (Wildman–Crippen MR) is 63.1 cm³/mol. The van der Waals surface area contributed by atoms with Crippen LogP contribution in [0.5, 0.6) is 0 Å². The normalized spacial score (nSPS) is 14.4. The zero-order chi connectivity index (χ0) is 11.0. The van der Waals surface area contributed by atoms with Crippen LogP contribution in [0.25, 0.3) is 0 Å². The summed E-state index contributed by atoms with van der Waals surface area (Å²) in [7, 11) is 1.76. The number of hydrogen-bond acceptors (Lipinski definition) is 2. The van der Waals surface area contributed by atoms with Gasteiger partial charge in [-0.15, -0.1) is 11.6 Å². The third kappa shape index (κ3) is 7.60. The van der Waals surface area contributed by atoms with E-state index in [1.807, 2.05) is 0 Å². The first-order valence-electron chi connectivity index (χ1n) is 5.33. The summed E-state index contributed by atoms with van der Waals surface area (Å²) < 4.78 is 5.33. The van der Waals surface area contributed by atoms with Crippen LogP contribution in [0, 0.1) is 5.92 Å². The maximum Gasteiger partial charge on any atom is 0.0634 e. The predicted octanol–water partition coefficient (Wildman–Crippen LogP) is 2.66. The molecule has 1 N–H and O–H groups in total. The van der Waals surface area contributed by atoms with Gasteiger partial charge in [0.1, 0.15) is 0 Å². The van der Waals surface area contributed by atoms with E-state index in [1.54, 1.807) is 7.11 Å². The van der Waals surface area contributed by atoms with Gasteiger partial charge in [0.2, 0.25) is 0 Å².